The molecule has 180 valence electrons. The Morgan fingerprint density at radius 1 is 0.971 bits per heavy atom. The Labute approximate surface area is 206 Å². The molecule has 0 radical (unpaired) electrons. The first-order valence-corrected chi connectivity index (χ1v) is 12.1. The zero-order chi connectivity index (χ0) is 24.8. The van der Waals surface area contributed by atoms with E-state index in [0.717, 1.165) is 29.5 Å². The summed E-state index contributed by atoms with van der Waals surface area (Å²) in [4.78, 5) is 28.0. The lowest BCUT2D eigenvalue weighted by Gasteiger charge is -2.25. The predicted molar refractivity (Wildman–Crippen MR) is 137 cm³/mol. The summed E-state index contributed by atoms with van der Waals surface area (Å²) in [6.07, 6.45) is 2.55. The fourth-order valence-electron chi connectivity index (χ4n) is 4.32. The predicted octanol–water partition coefficient (Wildman–Crippen LogP) is 5.84. The molecule has 3 aromatic rings. The molecule has 1 heterocycles. The van der Waals surface area contributed by atoms with Crippen molar-refractivity contribution in [1.29, 1.82) is 0 Å². The average Bonchev–Trinajstić information content (AvgIpc) is 3.13. The molecule has 1 saturated heterocycles. The van der Waals surface area contributed by atoms with Crippen LogP contribution in [0.1, 0.15) is 48.1 Å². The molecule has 1 atom stereocenters. The number of hydrogen-bond acceptors (Lipinski definition) is 4. The number of carbonyl (C=O) groups excluding carboxylic acids is 2. The van der Waals surface area contributed by atoms with E-state index in [-0.39, 0.29) is 11.3 Å². The molecule has 0 aromatic heterocycles. The maximum atomic E-state index is 13.2. The molecule has 1 unspecified atom stereocenters. The standard InChI is InChI=1S/C30H31NO4/c1-3-4-19-35-25-12-8-11-24(20-25)28(32)26-27(23-15-13-21(2)14-16-23)31(30(34)29(26)33)18-17-22-9-6-5-7-10-22/h5-16,20,27,32H,3-4,17-19H2,1-2H3. The number of carbonyl (C=O) groups is 2. The number of aliphatic hydroxyl groups excluding tert-OH is 1. The van der Waals surface area contributed by atoms with Crippen molar-refractivity contribution in [2.24, 2.45) is 0 Å². The normalized spacial score (nSPS) is 17.1. The van der Waals surface area contributed by atoms with Gasteiger partial charge in [0.2, 0.25) is 0 Å². The summed E-state index contributed by atoms with van der Waals surface area (Å²) in [5.74, 6) is -0.827. The Bertz CT molecular complexity index is 1210. The van der Waals surface area contributed by atoms with Gasteiger partial charge in [-0.3, -0.25) is 9.59 Å². The van der Waals surface area contributed by atoms with Gasteiger partial charge in [0.25, 0.3) is 11.7 Å². The van der Waals surface area contributed by atoms with Gasteiger partial charge in [0, 0.05) is 12.1 Å². The lowest BCUT2D eigenvalue weighted by Crippen LogP contribution is -2.31. The zero-order valence-electron chi connectivity index (χ0n) is 20.2. The number of rotatable bonds is 9. The lowest BCUT2D eigenvalue weighted by atomic mass is 9.94. The summed E-state index contributed by atoms with van der Waals surface area (Å²) >= 11 is 0. The second-order valence-electron chi connectivity index (χ2n) is 8.87. The van der Waals surface area contributed by atoms with E-state index in [2.05, 4.69) is 6.92 Å². The monoisotopic (exact) mass is 469 g/mol. The van der Waals surface area contributed by atoms with E-state index in [9.17, 15) is 14.7 Å². The van der Waals surface area contributed by atoms with Gasteiger partial charge >= 0.3 is 0 Å². The molecule has 0 aliphatic carbocycles. The summed E-state index contributed by atoms with van der Waals surface area (Å²) in [5.41, 5.74) is 3.51. The first-order chi connectivity index (χ1) is 17.0. The van der Waals surface area contributed by atoms with E-state index in [1.54, 1.807) is 23.1 Å². The molecular weight excluding hydrogens is 438 g/mol. The number of likely N-dealkylation sites (tertiary alicyclic amines) is 1. The van der Waals surface area contributed by atoms with Crippen LogP contribution in [-0.2, 0) is 16.0 Å². The third-order valence-electron chi connectivity index (χ3n) is 6.29. The fourth-order valence-corrected chi connectivity index (χ4v) is 4.32. The molecule has 0 bridgehead atoms. The molecule has 1 fully saturated rings. The lowest BCUT2D eigenvalue weighted by molar-refractivity contribution is -0.139. The molecule has 5 heteroatoms. The van der Waals surface area contributed by atoms with Crippen molar-refractivity contribution in [1.82, 2.24) is 4.90 Å². The largest absolute Gasteiger partial charge is 0.507 e. The minimum Gasteiger partial charge on any atom is -0.507 e. The minimum absolute atomic E-state index is 0.109. The number of nitrogens with zero attached hydrogens (tertiary/aromatic N) is 1. The van der Waals surface area contributed by atoms with E-state index in [1.807, 2.05) is 67.6 Å². The quantitative estimate of drug-likeness (QED) is 0.185. The van der Waals surface area contributed by atoms with Crippen LogP contribution in [0, 0.1) is 6.92 Å². The number of ether oxygens (including phenoxy) is 1. The maximum absolute atomic E-state index is 13.2. The highest BCUT2D eigenvalue weighted by Crippen LogP contribution is 2.39. The Morgan fingerprint density at radius 2 is 1.71 bits per heavy atom. The topological polar surface area (TPSA) is 66.8 Å². The van der Waals surface area contributed by atoms with Gasteiger partial charge in [-0.25, -0.2) is 0 Å². The van der Waals surface area contributed by atoms with Crippen molar-refractivity contribution in [3.8, 4) is 5.75 Å². The molecule has 3 aromatic carbocycles. The molecule has 0 saturated carbocycles. The number of amides is 1. The second kappa shape index (κ2) is 11.0. The van der Waals surface area contributed by atoms with Crippen molar-refractivity contribution in [3.05, 3.63) is 107 Å². The van der Waals surface area contributed by atoms with Crippen LogP contribution < -0.4 is 4.74 Å². The van der Waals surface area contributed by atoms with Gasteiger partial charge in [-0.2, -0.15) is 0 Å². The molecule has 4 rings (SSSR count). The fraction of sp³-hybridized carbons (Fsp3) is 0.267. The van der Waals surface area contributed by atoms with Crippen molar-refractivity contribution in [2.45, 2.75) is 39.2 Å². The average molecular weight is 470 g/mol. The Kier molecular flexibility index (Phi) is 7.66. The number of benzene rings is 3. The molecule has 35 heavy (non-hydrogen) atoms. The van der Waals surface area contributed by atoms with Gasteiger partial charge in [0.15, 0.2) is 0 Å². The molecular formula is C30H31NO4. The summed E-state index contributed by atoms with van der Waals surface area (Å²) in [7, 11) is 0. The van der Waals surface area contributed by atoms with Gasteiger partial charge in [0.1, 0.15) is 11.5 Å². The van der Waals surface area contributed by atoms with Crippen molar-refractivity contribution >= 4 is 17.4 Å². The van der Waals surface area contributed by atoms with Gasteiger partial charge in [-0.05, 0) is 43.0 Å². The van der Waals surface area contributed by atoms with E-state index in [0.29, 0.717) is 30.9 Å². The zero-order valence-corrected chi connectivity index (χ0v) is 20.2. The van der Waals surface area contributed by atoms with Crippen LogP contribution >= 0.6 is 0 Å². The summed E-state index contributed by atoms with van der Waals surface area (Å²) < 4.78 is 5.79. The van der Waals surface area contributed by atoms with Crippen LogP contribution in [0.4, 0.5) is 0 Å². The Hall–Kier alpha value is -3.86. The first-order valence-electron chi connectivity index (χ1n) is 12.1. The number of Topliss-reactive ketones (excluding diaryl/α,β-unsaturated/α-hetero) is 1. The Balaban J connectivity index is 1.73. The number of ketones is 1. The van der Waals surface area contributed by atoms with E-state index in [4.69, 9.17) is 4.74 Å². The molecule has 1 aliphatic rings. The highest BCUT2D eigenvalue weighted by Gasteiger charge is 2.45. The number of unbranched alkanes of at least 4 members (excludes halogenated alkanes) is 1. The van der Waals surface area contributed by atoms with Gasteiger partial charge < -0.3 is 14.7 Å². The van der Waals surface area contributed by atoms with Gasteiger partial charge in [-0.1, -0.05) is 85.6 Å². The number of aliphatic hydroxyl groups is 1. The van der Waals surface area contributed by atoms with E-state index in [1.165, 1.54) is 0 Å². The smallest absolute Gasteiger partial charge is 0.295 e. The highest BCUT2D eigenvalue weighted by atomic mass is 16.5. The van der Waals surface area contributed by atoms with Crippen molar-refractivity contribution in [2.75, 3.05) is 13.2 Å². The molecule has 0 spiro atoms. The Morgan fingerprint density at radius 3 is 2.43 bits per heavy atom. The third kappa shape index (κ3) is 5.46. The summed E-state index contributed by atoms with van der Waals surface area (Å²) in [6, 6.07) is 24.0. The van der Waals surface area contributed by atoms with Crippen molar-refractivity contribution in [3.63, 3.8) is 0 Å². The summed E-state index contributed by atoms with van der Waals surface area (Å²) in [6.45, 7) is 5.02. The summed E-state index contributed by atoms with van der Waals surface area (Å²) in [5, 5.41) is 11.3. The maximum Gasteiger partial charge on any atom is 0.295 e. The highest BCUT2D eigenvalue weighted by molar-refractivity contribution is 6.46. The van der Waals surface area contributed by atoms with Crippen LogP contribution in [0.2, 0.25) is 0 Å². The van der Waals surface area contributed by atoms with Crippen molar-refractivity contribution < 1.29 is 19.4 Å². The molecule has 1 N–H and O–H groups in total. The van der Waals surface area contributed by atoms with Gasteiger partial charge in [-0.15, -0.1) is 0 Å². The van der Waals surface area contributed by atoms with E-state index < -0.39 is 17.7 Å². The minimum atomic E-state index is -0.668. The molecule has 5 nitrogen and oxygen atoms in total. The second-order valence-corrected chi connectivity index (χ2v) is 8.87. The molecule has 1 amide bonds. The van der Waals surface area contributed by atoms with Gasteiger partial charge in [0.05, 0.1) is 18.2 Å². The van der Waals surface area contributed by atoms with Crippen LogP contribution in [0.25, 0.3) is 5.76 Å². The molecule has 1 aliphatic heterocycles. The SMILES string of the molecule is CCCCOc1cccc(C(O)=C2C(=O)C(=O)N(CCc3ccccc3)C2c2ccc(C)cc2)c1. The first kappa shape index (κ1) is 24.3. The third-order valence-corrected chi connectivity index (χ3v) is 6.29. The van der Waals surface area contributed by atoms with Crippen LogP contribution in [0.3, 0.4) is 0 Å². The van der Waals surface area contributed by atoms with Crippen LogP contribution in [-0.4, -0.2) is 34.8 Å². The van der Waals surface area contributed by atoms with E-state index >= 15 is 0 Å². The van der Waals surface area contributed by atoms with Crippen LogP contribution in [0.5, 0.6) is 5.75 Å². The number of hydrogen-bond donors (Lipinski definition) is 1. The number of aryl methyl sites for hydroxylation is 1. The van der Waals surface area contributed by atoms with Crippen LogP contribution in [0.15, 0.2) is 84.4 Å².